The number of fused-ring (bicyclic) bond motifs is 1. The Labute approximate surface area is 189 Å². The Kier molecular flexibility index (Phi) is 6.75. The summed E-state index contributed by atoms with van der Waals surface area (Å²) in [6, 6.07) is 18.1. The fourth-order valence-corrected chi connectivity index (χ4v) is 5.48. The van der Waals surface area contributed by atoms with Crippen LogP contribution in [0.4, 0.5) is 0 Å². The number of nitrogens with zero attached hydrogens (tertiary/aromatic N) is 1. The third kappa shape index (κ3) is 4.63. The quantitative estimate of drug-likeness (QED) is 0.625. The minimum Gasteiger partial charge on any atom is -0.481 e. The first kappa shape index (κ1) is 22.3. The van der Waals surface area contributed by atoms with Crippen molar-refractivity contribution >= 4 is 11.9 Å². The SMILES string of the molecule is CCCc1cccc(C2C=C3CCN(Cc4ccccc4)CC3C(C(=O)O)C2C(=O)O)c1. The Hall–Kier alpha value is -2.92. The lowest BCUT2D eigenvalue weighted by Crippen LogP contribution is -2.49. The first-order valence-corrected chi connectivity index (χ1v) is 11.5. The van der Waals surface area contributed by atoms with Crippen molar-refractivity contribution in [1.29, 1.82) is 0 Å². The minimum absolute atomic E-state index is 0.277. The molecule has 2 N–H and O–H groups in total. The Morgan fingerprint density at radius 3 is 2.38 bits per heavy atom. The van der Waals surface area contributed by atoms with E-state index in [0.29, 0.717) is 6.54 Å². The van der Waals surface area contributed by atoms with Gasteiger partial charge in [0.1, 0.15) is 0 Å². The van der Waals surface area contributed by atoms with Gasteiger partial charge in [-0.1, -0.05) is 79.6 Å². The predicted molar refractivity (Wildman–Crippen MR) is 123 cm³/mol. The van der Waals surface area contributed by atoms with E-state index in [1.807, 2.05) is 30.3 Å². The van der Waals surface area contributed by atoms with Crippen LogP contribution in [0.25, 0.3) is 0 Å². The number of hydrogen-bond acceptors (Lipinski definition) is 3. The second-order valence-corrected chi connectivity index (χ2v) is 9.07. The number of carboxylic acid groups (broad SMARTS) is 2. The van der Waals surface area contributed by atoms with E-state index < -0.39 is 29.7 Å². The lowest BCUT2D eigenvalue weighted by Gasteiger charge is -2.44. The standard InChI is InChI=1S/C27H31NO4/c1-2-7-18-10-6-11-20(14-18)22-15-21-12-13-28(16-19-8-4-3-5-9-19)17-23(21)25(27(31)32)24(22)26(29)30/h3-6,8-11,14-15,22-25H,2,7,12-13,16-17H2,1H3,(H,29,30)(H,31,32). The van der Waals surface area contributed by atoms with Crippen LogP contribution >= 0.6 is 0 Å². The van der Waals surface area contributed by atoms with Crippen LogP contribution in [0, 0.1) is 17.8 Å². The number of aryl methyl sites for hydroxylation is 1. The first-order valence-electron chi connectivity index (χ1n) is 11.5. The normalized spacial score (nSPS) is 25.6. The zero-order valence-electron chi connectivity index (χ0n) is 18.5. The molecule has 5 nitrogen and oxygen atoms in total. The summed E-state index contributed by atoms with van der Waals surface area (Å²) in [5.74, 6) is -4.65. The van der Waals surface area contributed by atoms with Crippen LogP contribution in [0.2, 0.25) is 0 Å². The Morgan fingerprint density at radius 1 is 0.969 bits per heavy atom. The summed E-state index contributed by atoms with van der Waals surface area (Å²) in [5.41, 5.74) is 4.36. The molecule has 5 heteroatoms. The number of aliphatic carboxylic acids is 2. The summed E-state index contributed by atoms with van der Waals surface area (Å²) in [5, 5.41) is 20.3. The van der Waals surface area contributed by atoms with Crippen molar-refractivity contribution in [1.82, 2.24) is 4.90 Å². The lowest BCUT2D eigenvalue weighted by molar-refractivity contribution is -0.157. The van der Waals surface area contributed by atoms with Crippen molar-refractivity contribution in [2.24, 2.45) is 17.8 Å². The Bertz CT molecular complexity index is 1000. The molecule has 1 fully saturated rings. The van der Waals surface area contributed by atoms with Crippen LogP contribution in [0.3, 0.4) is 0 Å². The molecule has 0 amide bonds. The van der Waals surface area contributed by atoms with Crippen LogP contribution in [0.15, 0.2) is 66.2 Å². The van der Waals surface area contributed by atoms with Crippen molar-refractivity contribution in [3.8, 4) is 0 Å². The molecule has 4 unspecified atom stereocenters. The molecule has 2 aliphatic rings. The molecule has 2 aromatic rings. The third-order valence-electron chi connectivity index (χ3n) is 6.94. The van der Waals surface area contributed by atoms with Gasteiger partial charge in [-0.05, 0) is 29.5 Å². The summed E-state index contributed by atoms with van der Waals surface area (Å²) >= 11 is 0. The van der Waals surface area contributed by atoms with Gasteiger partial charge in [0.05, 0.1) is 11.8 Å². The van der Waals surface area contributed by atoms with Gasteiger partial charge in [0.2, 0.25) is 0 Å². The fourth-order valence-electron chi connectivity index (χ4n) is 5.48. The van der Waals surface area contributed by atoms with E-state index >= 15 is 0 Å². The number of rotatable bonds is 7. The highest BCUT2D eigenvalue weighted by Crippen LogP contribution is 2.46. The molecule has 0 aromatic heterocycles. The van der Waals surface area contributed by atoms with E-state index in [1.54, 1.807) is 0 Å². The highest BCUT2D eigenvalue weighted by molar-refractivity contribution is 5.82. The Morgan fingerprint density at radius 2 is 1.69 bits per heavy atom. The predicted octanol–water partition coefficient (Wildman–Crippen LogP) is 4.59. The highest BCUT2D eigenvalue weighted by atomic mass is 16.4. The van der Waals surface area contributed by atoms with Crippen molar-refractivity contribution in [2.75, 3.05) is 13.1 Å². The van der Waals surface area contributed by atoms with E-state index in [-0.39, 0.29) is 5.92 Å². The monoisotopic (exact) mass is 433 g/mol. The maximum absolute atomic E-state index is 12.4. The summed E-state index contributed by atoms with van der Waals surface area (Å²) in [6.07, 6.45) is 4.79. The molecule has 0 radical (unpaired) electrons. The van der Waals surface area contributed by atoms with Crippen LogP contribution < -0.4 is 0 Å². The van der Waals surface area contributed by atoms with Gasteiger partial charge in [-0.3, -0.25) is 14.5 Å². The second-order valence-electron chi connectivity index (χ2n) is 9.07. The molecule has 1 aliphatic heterocycles. The van der Waals surface area contributed by atoms with Crippen LogP contribution in [0.1, 0.15) is 42.4 Å². The maximum Gasteiger partial charge on any atom is 0.308 e. The van der Waals surface area contributed by atoms with E-state index in [0.717, 1.165) is 43.5 Å². The molecule has 168 valence electrons. The molecule has 4 rings (SSSR count). The maximum atomic E-state index is 12.4. The van der Waals surface area contributed by atoms with Gasteiger partial charge < -0.3 is 10.2 Å². The number of carboxylic acids is 2. The van der Waals surface area contributed by atoms with E-state index in [9.17, 15) is 19.8 Å². The smallest absolute Gasteiger partial charge is 0.308 e. The molecule has 1 saturated heterocycles. The topological polar surface area (TPSA) is 77.8 Å². The van der Waals surface area contributed by atoms with E-state index in [4.69, 9.17) is 0 Å². The molecule has 1 heterocycles. The molecule has 0 bridgehead atoms. The molecule has 2 aromatic carbocycles. The number of hydrogen-bond donors (Lipinski definition) is 2. The number of benzene rings is 2. The van der Waals surface area contributed by atoms with Gasteiger partial charge in [-0.2, -0.15) is 0 Å². The van der Waals surface area contributed by atoms with E-state index in [1.165, 1.54) is 11.1 Å². The summed E-state index contributed by atoms with van der Waals surface area (Å²) in [7, 11) is 0. The molecule has 4 atom stereocenters. The van der Waals surface area contributed by atoms with Gasteiger partial charge in [-0.25, -0.2) is 0 Å². The number of piperidine rings is 1. The molecule has 1 aliphatic carbocycles. The summed E-state index contributed by atoms with van der Waals surface area (Å²) < 4.78 is 0. The number of likely N-dealkylation sites (tertiary alicyclic amines) is 1. The largest absolute Gasteiger partial charge is 0.481 e. The second kappa shape index (κ2) is 9.70. The van der Waals surface area contributed by atoms with Crippen molar-refractivity contribution in [2.45, 2.75) is 38.6 Å². The van der Waals surface area contributed by atoms with Gasteiger partial charge in [0.25, 0.3) is 0 Å². The van der Waals surface area contributed by atoms with E-state index in [2.05, 4.69) is 42.2 Å². The fraction of sp³-hybridized carbons (Fsp3) is 0.407. The highest BCUT2D eigenvalue weighted by Gasteiger charge is 2.49. The third-order valence-corrected chi connectivity index (χ3v) is 6.94. The van der Waals surface area contributed by atoms with Gasteiger partial charge in [-0.15, -0.1) is 0 Å². The van der Waals surface area contributed by atoms with Crippen LogP contribution in [0.5, 0.6) is 0 Å². The van der Waals surface area contributed by atoms with Crippen molar-refractivity contribution < 1.29 is 19.8 Å². The van der Waals surface area contributed by atoms with Gasteiger partial charge >= 0.3 is 11.9 Å². The molecule has 32 heavy (non-hydrogen) atoms. The zero-order valence-corrected chi connectivity index (χ0v) is 18.5. The van der Waals surface area contributed by atoms with Gasteiger partial charge in [0, 0.05) is 31.5 Å². The molecular formula is C27H31NO4. The van der Waals surface area contributed by atoms with Crippen LogP contribution in [-0.4, -0.2) is 40.1 Å². The number of carbonyl (C=O) groups is 2. The molecular weight excluding hydrogens is 402 g/mol. The van der Waals surface area contributed by atoms with Crippen molar-refractivity contribution in [3.05, 3.63) is 82.9 Å². The van der Waals surface area contributed by atoms with Gasteiger partial charge in [0.15, 0.2) is 0 Å². The minimum atomic E-state index is -1.03. The van der Waals surface area contributed by atoms with Crippen molar-refractivity contribution in [3.63, 3.8) is 0 Å². The Balaban J connectivity index is 1.67. The number of allylic oxidation sites excluding steroid dienone is 1. The van der Waals surface area contributed by atoms with Crippen LogP contribution in [-0.2, 0) is 22.6 Å². The summed E-state index contributed by atoms with van der Waals surface area (Å²) in [6.45, 7) is 4.29. The lowest BCUT2D eigenvalue weighted by atomic mass is 9.63. The molecule has 0 saturated carbocycles. The average Bonchev–Trinajstić information content (AvgIpc) is 2.78. The first-order chi connectivity index (χ1) is 15.5. The average molecular weight is 434 g/mol. The summed E-state index contributed by atoms with van der Waals surface area (Å²) in [4.78, 5) is 27.1. The zero-order chi connectivity index (χ0) is 22.7. The molecule has 0 spiro atoms.